The number of nitrogens with zero attached hydrogens (tertiary/aromatic N) is 1. The van der Waals surface area contributed by atoms with Crippen molar-refractivity contribution in [3.8, 4) is 5.75 Å². The molecule has 1 unspecified atom stereocenters. The molecule has 86 valence electrons. The first-order valence-corrected chi connectivity index (χ1v) is 5.91. The first-order valence-electron chi connectivity index (χ1n) is 5.91. The predicted molar refractivity (Wildman–Crippen MR) is 69.2 cm³/mol. The zero-order valence-electron chi connectivity index (χ0n) is 9.84. The molecule has 0 aliphatic carbocycles. The fraction of sp³-hybridized carbons (Fsp3) is 0.200. The Bertz CT molecular complexity index is 509. The summed E-state index contributed by atoms with van der Waals surface area (Å²) in [5, 5.41) is 0. The summed E-state index contributed by atoms with van der Waals surface area (Å²) in [4.78, 5) is 2.27. The molecular weight excluding hydrogens is 210 g/mol. The standard InChI is InChI=1S/C15H15NO/c1-12-16(14-8-3-2-4-9-14)11-13-7-5-6-10-15(13)17-12/h2-10,12H,11H2,1H3. The van der Waals surface area contributed by atoms with Crippen LogP contribution in [0.5, 0.6) is 5.75 Å². The lowest BCUT2D eigenvalue weighted by Crippen LogP contribution is -2.40. The molecule has 3 rings (SSSR count). The molecule has 2 heteroatoms. The normalized spacial score (nSPS) is 18.4. The summed E-state index contributed by atoms with van der Waals surface area (Å²) in [6.45, 7) is 2.99. The Labute approximate surface area is 101 Å². The second-order valence-corrected chi connectivity index (χ2v) is 4.29. The van der Waals surface area contributed by atoms with Gasteiger partial charge >= 0.3 is 0 Å². The Morgan fingerprint density at radius 3 is 2.53 bits per heavy atom. The van der Waals surface area contributed by atoms with Crippen LogP contribution >= 0.6 is 0 Å². The number of rotatable bonds is 1. The average Bonchev–Trinajstić information content (AvgIpc) is 2.39. The predicted octanol–water partition coefficient (Wildman–Crippen LogP) is 3.43. The zero-order valence-corrected chi connectivity index (χ0v) is 9.84. The summed E-state index contributed by atoms with van der Waals surface area (Å²) < 4.78 is 5.92. The summed E-state index contributed by atoms with van der Waals surface area (Å²) in [5.41, 5.74) is 2.45. The molecule has 1 aliphatic heterocycles. The molecule has 2 aromatic rings. The number of hydrogen-bond acceptors (Lipinski definition) is 2. The van der Waals surface area contributed by atoms with Gasteiger partial charge < -0.3 is 9.64 Å². The molecule has 2 aromatic carbocycles. The molecule has 1 atom stereocenters. The van der Waals surface area contributed by atoms with Crippen molar-refractivity contribution < 1.29 is 4.74 Å². The summed E-state index contributed by atoms with van der Waals surface area (Å²) in [6.07, 6.45) is 0.0762. The van der Waals surface area contributed by atoms with Crippen LogP contribution < -0.4 is 9.64 Å². The molecule has 1 aliphatic rings. The van der Waals surface area contributed by atoms with Gasteiger partial charge in [-0.15, -0.1) is 0 Å². The lowest BCUT2D eigenvalue weighted by Gasteiger charge is -2.36. The van der Waals surface area contributed by atoms with Gasteiger partial charge in [0.05, 0.1) is 6.54 Å². The number of hydrogen-bond donors (Lipinski definition) is 0. The van der Waals surface area contributed by atoms with E-state index in [1.165, 1.54) is 11.3 Å². The van der Waals surface area contributed by atoms with Crippen LogP contribution in [0.25, 0.3) is 0 Å². The van der Waals surface area contributed by atoms with Crippen LogP contribution in [0.1, 0.15) is 12.5 Å². The van der Waals surface area contributed by atoms with Crippen molar-refractivity contribution in [2.45, 2.75) is 19.7 Å². The zero-order chi connectivity index (χ0) is 11.7. The quantitative estimate of drug-likeness (QED) is 0.737. The van der Waals surface area contributed by atoms with Crippen LogP contribution in [0.15, 0.2) is 54.6 Å². The van der Waals surface area contributed by atoms with E-state index in [0.717, 1.165) is 12.3 Å². The highest BCUT2D eigenvalue weighted by atomic mass is 16.5. The minimum absolute atomic E-state index is 0.0762. The van der Waals surface area contributed by atoms with E-state index in [0.29, 0.717) is 0 Å². The Hall–Kier alpha value is -1.96. The summed E-state index contributed by atoms with van der Waals surface area (Å²) in [7, 11) is 0. The average molecular weight is 225 g/mol. The van der Waals surface area contributed by atoms with E-state index in [2.05, 4.69) is 48.2 Å². The number of fused-ring (bicyclic) bond motifs is 1. The smallest absolute Gasteiger partial charge is 0.169 e. The van der Waals surface area contributed by atoms with Gasteiger partial charge in [0, 0.05) is 11.3 Å². The van der Waals surface area contributed by atoms with Crippen LogP contribution in [0.2, 0.25) is 0 Å². The molecule has 0 saturated heterocycles. The number of benzene rings is 2. The van der Waals surface area contributed by atoms with Crippen LogP contribution in [-0.4, -0.2) is 6.23 Å². The van der Waals surface area contributed by atoms with Crippen molar-refractivity contribution in [3.05, 3.63) is 60.2 Å². The number of para-hydroxylation sites is 2. The Kier molecular flexibility index (Phi) is 2.48. The van der Waals surface area contributed by atoms with E-state index >= 15 is 0 Å². The summed E-state index contributed by atoms with van der Waals surface area (Å²) in [5.74, 6) is 1.01. The lowest BCUT2D eigenvalue weighted by atomic mass is 10.1. The van der Waals surface area contributed by atoms with Crippen molar-refractivity contribution in [2.75, 3.05) is 4.90 Å². The van der Waals surface area contributed by atoms with Gasteiger partial charge in [-0.25, -0.2) is 0 Å². The van der Waals surface area contributed by atoms with Crippen LogP contribution in [0.3, 0.4) is 0 Å². The van der Waals surface area contributed by atoms with Gasteiger partial charge in [-0.3, -0.25) is 0 Å². The van der Waals surface area contributed by atoms with E-state index < -0.39 is 0 Å². The maximum absolute atomic E-state index is 5.92. The molecule has 2 nitrogen and oxygen atoms in total. The van der Waals surface area contributed by atoms with Gasteiger partial charge in [0.2, 0.25) is 0 Å². The topological polar surface area (TPSA) is 12.5 Å². The molecule has 0 saturated carbocycles. The van der Waals surface area contributed by atoms with E-state index in [9.17, 15) is 0 Å². The molecule has 0 aromatic heterocycles. The van der Waals surface area contributed by atoms with E-state index in [4.69, 9.17) is 4.74 Å². The largest absolute Gasteiger partial charge is 0.470 e. The molecule has 0 amide bonds. The highest BCUT2D eigenvalue weighted by Crippen LogP contribution is 2.30. The van der Waals surface area contributed by atoms with E-state index in [-0.39, 0.29) is 6.23 Å². The third-order valence-electron chi connectivity index (χ3n) is 3.14. The summed E-state index contributed by atoms with van der Waals surface area (Å²) >= 11 is 0. The molecule has 0 radical (unpaired) electrons. The van der Waals surface area contributed by atoms with Gasteiger partial charge in [-0.2, -0.15) is 0 Å². The van der Waals surface area contributed by atoms with Gasteiger partial charge in [0.25, 0.3) is 0 Å². The Morgan fingerprint density at radius 1 is 1.00 bits per heavy atom. The Morgan fingerprint density at radius 2 is 1.71 bits per heavy atom. The minimum Gasteiger partial charge on any atom is -0.470 e. The lowest BCUT2D eigenvalue weighted by molar-refractivity contribution is 0.194. The van der Waals surface area contributed by atoms with Crippen molar-refractivity contribution in [3.63, 3.8) is 0 Å². The fourth-order valence-electron chi connectivity index (χ4n) is 2.23. The maximum atomic E-state index is 5.92. The molecule has 0 spiro atoms. The molecule has 17 heavy (non-hydrogen) atoms. The van der Waals surface area contributed by atoms with Gasteiger partial charge in [-0.05, 0) is 25.1 Å². The third-order valence-corrected chi connectivity index (χ3v) is 3.14. The van der Waals surface area contributed by atoms with Gasteiger partial charge in [0.15, 0.2) is 6.23 Å². The van der Waals surface area contributed by atoms with Crippen molar-refractivity contribution in [1.82, 2.24) is 0 Å². The molecule has 0 fully saturated rings. The maximum Gasteiger partial charge on any atom is 0.169 e. The summed E-state index contributed by atoms with van der Waals surface area (Å²) in [6, 6.07) is 18.6. The highest BCUT2D eigenvalue weighted by molar-refractivity contribution is 5.50. The first-order chi connectivity index (χ1) is 8.34. The minimum atomic E-state index is 0.0762. The van der Waals surface area contributed by atoms with E-state index in [1.54, 1.807) is 0 Å². The van der Waals surface area contributed by atoms with Gasteiger partial charge in [-0.1, -0.05) is 36.4 Å². The number of anilines is 1. The second-order valence-electron chi connectivity index (χ2n) is 4.29. The molecule has 1 heterocycles. The van der Waals surface area contributed by atoms with Crippen LogP contribution in [0.4, 0.5) is 5.69 Å². The number of ether oxygens (including phenoxy) is 1. The highest BCUT2D eigenvalue weighted by Gasteiger charge is 2.23. The van der Waals surface area contributed by atoms with Gasteiger partial charge in [0.1, 0.15) is 5.75 Å². The molecule has 0 N–H and O–H groups in total. The second kappa shape index (κ2) is 4.13. The fourth-order valence-corrected chi connectivity index (χ4v) is 2.23. The third kappa shape index (κ3) is 1.86. The van der Waals surface area contributed by atoms with E-state index in [1.807, 2.05) is 18.2 Å². The first kappa shape index (κ1) is 10.2. The molecular formula is C15H15NO. The van der Waals surface area contributed by atoms with Crippen molar-refractivity contribution in [2.24, 2.45) is 0 Å². The van der Waals surface area contributed by atoms with Crippen molar-refractivity contribution in [1.29, 1.82) is 0 Å². The van der Waals surface area contributed by atoms with Crippen LogP contribution in [0, 0.1) is 0 Å². The SMILES string of the molecule is CC1Oc2ccccc2CN1c1ccccc1. The van der Waals surface area contributed by atoms with Crippen molar-refractivity contribution >= 4 is 5.69 Å². The Balaban J connectivity index is 1.95. The van der Waals surface area contributed by atoms with Crippen LogP contribution in [-0.2, 0) is 6.54 Å². The molecule has 0 bridgehead atoms. The monoisotopic (exact) mass is 225 g/mol.